The molecule has 5 aromatic carbocycles. The molecular formula is C39H40O6S2. The Bertz CT molecular complexity index is 2170. The van der Waals surface area contributed by atoms with Crippen molar-refractivity contribution in [1.82, 2.24) is 0 Å². The molecule has 0 saturated carbocycles. The standard InChI is InChI=1S/C39H40O6S2/c1-24-10-9-11-25(2)36(24)22-30-14-16-33(26(3)18-30)39(35-12-7-8-13-38(35)47(43,44)45)34-17-15-31(19-27(34)4)23-37-28(5)20-32(21-29(37)6)46(40,41)42/h7-21,39H,22-23H2,1-6H3,(H,40,41,42)(H,43,44,45). The second-order valence-electron chi connectivity index (χ2n) is 12.6. The zero-order chi connectivity index (χ0) is 34.3. The van der Waals surface area contributed by atoms with Crippen LogP contribution in [0.15, 0.2) is 101 Å². The molecule has 5 aromatic rings. The summed E-state index contributed by atoms with van der Waals surface area (Å²) in [5.41, 5.74) is 12.7. The maximum atomic E-state index is 12.6. The van der Waals surface area contributed by atoms with E-state index in [9.17, 15) is 25.9 Å². The second-order valence-corrected chi connectivity index (χ2v) is 15.4. The van der Waals surface area contributed by atoms with E-state index in [1.165, 1.54) is 34.9 Å². The molecule has 0 amide bonds. The Morgan fingerprint density at radius 2 is 0.957 bits per heavy atom. The molecule has 6 nitrogen and oxygen atoms in total. The van der Waals surface area contributed by atoms with Gasteiger partial charge in [0, 0.05) is 5.92 Å². The molecule has 47 heavy (non-hydrogen) atoms. The molecule has 0 saturated heterocycles. The molecule has 0 aliphatic heterocycles. The van der Waals surface area contributed by atoms with Crippen molar-refractivity contribution in [2.24, 2.45) is 0 Å². The molecule has 0 aliphatic carbocycles. The van der Waals surface area contributed by atoms with Gasteiger partial charge in [-0.05, 0) is 145 Å². The van der Waals surface area contributed by atoms with Crippen LogP contribution in [0.5, 0.6) is 0 Å². The van der Waals surface area contributed by atoms with Crippen molar-refractivity contribution in [2.45, 2.75) is 70.1 Å². The molecule has 1 unspecified atom stereocenters. The van der Waals surface area contributed by atoms with Crippen LogP contribution in [0.1, 0.15) is 78.2 Å². The minimum absolute atomic E-state index is 0.126. The van der Waals surface area contributed by atoms with Crippen LogP contribution in [0, 0.1) is 41.5 Å². The van der Waals surface area contributed by atoms with Gasteiger partial charge in [-0.2, -0.15) is 16.8 Å². The van der Waals surface area contributed by atoms with Gasteiger partial charge in [0.1, 0.15) is 0 Å². The number of rotatable bonds is 9. The maximum absolute atomic E-state index is 12.6. The van der Waals surface area contributed by atoms with Crippen LogP contribution in [0.3, 0.4) is 0 Å². The zero-order valence-corrected chi connectivity index (χ0v) is 29.1. The van der Waals surface area contributed by atoms with Crippen molar-refractivity contribution >= 4 is 20.2 Å². The number of aryl methyl sites for hydroxylation is 6. The average Bonchev–Trinajstić information content (AvgIpc) is 2.98. The van der Waals surface area contributed by atoms with Crippen molar-refractivity contribution in [3.05, 3.63) is 163 Å². The average molecular weight is 669 g/mol. The number of hydrogen-bond donors (Lipinski definition) is 2. The van der Waals surface area contributed by atoms with Crippen LogP contribution in [-0.2, 0) is 33.1 Å². The van der Waals surface area contributed by atoms with Crippen molar-refractivity contribution in [1.29, 1.82) is 0 Å². The molecular weight excluding hydrogens is 629 g/mol. The van der Waals surface area contributed by atoms with Crippen molar-refractivity contribution in [3.8, 4) is 0 Å². The van der Waals surface area contributed by atoms with E-state index >= 15 is 0 Å². The Morgan fingerprint density at radius 1 is 0.489 bits per heavy atom. The Labute approximate surface area is 278 Å². The molecule has 0 fully saturated rings. The first-order valence-electron chi connectivity index (χ1n) is 15.4. The third kappa shape index (κ3) is 7.41. The minimum atomic E-state index is -4.51. The van der Waals surface area contributed by atoms with Crippen LogP contribution in [0.25, 0.3) is 0 Å². The third-order valence-electron chi connectivity index (χ3n) is 9.17. The van der Waals surface area contributed by atoms with Crippen molar-refractivity contribution < 1.29 is 25.9 Å². The van der Waals surface area contributed by atoms with Crippen LogP contribution in [0.2, 0.25) is 0 Å². The van der Waals surface area contributed by atoms with Gasteiger partial charge in [0.15, 0.2) is 0 Å². The fourth-order valence-electron chi connectivity index (χ4n) is 6.72. The normalized spacial score (nSPS) is 12.7. The highest BCUT2D eigenvalue weighted by Gasteiger charge is 2.27. The largest absolute Gasteiger partial charge is 0.294 e. The maximum Gasteiger partial charge on any atom is 0.294 e. The van der Waals surface area contributed by atoms with Gasteiger partial charge in [0.05, 0.1) is 9.79 Å². The molecule has 8 heteroatoms. The molecule has 1 atom stereocenters. The lowest BCUT2D eigenvalue weighted by Crippen LogP contribution is -2.13. The van der Waals surface area contributed by atoms with E-state index in [0.29, 0.717) is 12.0 Å². The molecule has 0 bridgehead atoms. The second kappa shape index (κ2) is 13.2. The molecule has 0 aromatic heterocycles. The summed E-state index contributed by atoms with van der Waals surface area (Å²) in [6, 6.07) is 28.3. The first-order valence-corrected chi connectivity index (χ1v) is 18.3. The molecule has 244 valence electrons. The van der Waals surface area contributed by atoms with E-state index in [4.69, 9.17) is 0 Å². The Kier molecular flexibility index (Phi) is 9.62. The fourth-order valence-corrected chi connectivity index (χ4v) is 8.10. The van der Waals surface area contributed by atoms with Gasteiger partial charge in [0.2, 0.25) is 0 Å². The lowest BCUT2D eigenvalue weighted by atomic mass is 9.80. The minimum Gasteiger partial charge on any atom is -0.282 e. The molecule has 0 aliphatic rings. The van der Waals surface area contributed by atoms with Crippen LogP contribution in [0.4, 0.5) is 0 Å². The SMILES string of the molecule is Cc1cc(Cc2c(C)cccc2C)ccc1C(c1ccc(Cc2c(C)cc(S(=O)(=O)O)cc2C)cc1C)c1ccccc1S(=O)(=O)O. The van der Waals surface area contributed by atoms with Gasteiger partial charge < -0.3 is 0 Å². The van der Waals surface area contributed by atoms with Gasteiger partial charge >= 0.3 is 0 Å². The zero-order valence-electron chi connectivity index (χ0n) is 27.5. The Morgan fingerprint density at radius 3 is 1.40 bits per heavy atom. The highest BCUT2D eigenvalue weighted by molar-refractivity contribution is 7.86. The first-order chi connectivity index (χ1) is 22.0. The predicted octanol–water partition coefficient (Wildman–Crippen LogP) is 8.39. The Balaban J connectivity index is 1.60. The first kappa shape index (κ1) is 34.3. The van der Waals surface area contributed by atoms with E-state index in [0.717, 1.165) is 56.5 Å². The highest BCUT2D eigenvalue weighted by atomic mass is 32.2. The van der Waals surface area contributed by atoms with E-state index in [1.807, 2.05) is 39.8 Å². The summed E-state index contributed by atoms with van der Waals surface area (Å²) in [7, 11) is -8.82. The molecule has 0 heterocycles. The summed E-state index contributed by atoms with van der Waals surface area (Å²) in [5, 5.41) is 0. The number of benzene rings is 5. The molecule has 5 rings (SSSR count). The summed E-state index contributed by atoms with van der Waals surface area (Å²) >= 11 is 0. The lowest BCUT2D eigenvalue weighted by molar-refractivity contribution is 0.480. The molecule has 2 N–H and O–H groups in total. The van der Waals surface area contributed by atoms with Gasteiger partial charge in [-0.15, -0.1) is 0 Å². The van der Waals surface area contributed by atoms with Gasteiger partial charge in [-0.1, -0.05) is 72.8 Å². The van der Waals surface area contributed by atoms with Crippen LogP contribution in [-0.4, -0.2) is 25.9 Å². The molecule has 0 spiro atoms. The third-order valence-corrected chi connectivity index (χ3v) is 10.9. The predicted molar refractivity (Wildman–Crippen MR) is 187 cm³/mol. The van der Waals surface area contributed by atoms with E-state index in [1.54, 1.807) is 18.2 Å². The summed E-state index contributed by atoms with van der Waals surface area (Å²) in [4.78, 5) is -0.254. The highest BCUT2D eigenvalue weighted by Crippen LogP contribution is 2.39. The smallest absolute Gasteiger partial charge is 0.282 e. The van der Waals surface area contributed by atoms with Gasteiger partial charge in [-0.3, -0.25) is 9.11 Å². The summed E-state index contributed by atoms with van der Waals surface area (Å²) in [6.07, 6.45) is 1.33. The topological polar surface area (TPSA) is 109 Å². The quantitative estimate of drug-likeness (QED) is 0.121. The number of hydrogen-bond acceptors (Lipinski definition) is 4. The monoisotopic (exact) mass is 668 g/mol. The fraction of sp³-hybridized carbons (Fsp3) is 0.231. The van der Waals surface area contributed by atoms with E-state index in [-0.39, 0.29) is 9.79 Å². The van der Waals surface area contributed by atoms with Crippen LogP contribution < -0.4 is 0 Å². The Hall–Kier alpha value is -4.08. The summed E-state index contributed by atoms with van der Waals surface area (Å²) in [5.74, 6) is -0.478. The van der Waals surface area contributed by atoms with E-state index in [2.05, 4.69) is 56.3 Å². The summed E-state index contributed by atoms with van der Waals surface area (Å²) < 4.78 is 68.5. The van der Waals surface area contributed by atoms with Crippen molar-refractivity contribution in [3.63, 3.8) is 0 Å². The van der Waals surface area contributed by atoms with Crippen LogP contribution >= 0.6 is 0 Å². The van der Waals surface area contributed by atoms with Crippen molar-refractivity contribution in [2.75, 3.05) is 0 Å². The van der Waals surface area contributed by atoms with Gasteiger partial charge in [-0.25, -0.2) is 0 Å². The van der Waals surface area contributed by atoms with E-state index < -0.39 is 26.2 Å². The van der Waals surface area contributed by atoms with Gasteiger partial charge in [0.25, 0.3) is 20.2 Å². The molecule has 0 radical (unpaired) electrons. The summed E-state index contributed by atoms with van der Waals surface area (Å²) in [6.45, 7) is 11.9. The lowest BCUT2D eigenvalue weighted by Gasteiger charge is -2.25.